The molecule has 0 amide bonds. The van der Waals surface area contributed by atoms with Crippen LogP contribution in [0.4, 0.5) is 0 Å². The molecule has 0 saturated carbocycles. The summed E-state index contributed by atoms with van der Waals surface area (Å²) in [5.41, 5.74) is 0.141. The van der Waals surface area contributed by atoms with Crippen molar-refractivity contribution >= 4 is 12.0 Å². The van der Waals surface area contributed by atoms with Crippen molar-refractivity contribution in [2.75, 3.05) is 20.3 Å². The quantitative estimate of drug-likeness (QED) is 0.418. The van der Waals surface area contributed by atoms with Crippen molar-refractivity contribution in [3.8, 4) is 0 Å². The van der Waals surface area contributed by atoms with Gasteiger partial charge < -0.3 is 24.4 Å². The third-order valence-electron chi connectivity index (χ3n) is 3.14. The Bertz CT molecular complexity index is 412. The van der Waals surface area contributed by atoms with Gasteiger partial charge in [-0.3, -0.25) is 10.3 Å². The third-order valence-corrected chi connectivity index (χ3v) is 3.14. The number of ether oxygens (including phenoxy) is 3. The summed E-state index contributed by atoms with van der Waals surface area (Å²) in [6, 6.07) is -0.213. The van der Waals surface area contributed by atoms with Gasteiger partial charge in [0.2, 0.25) is 0 Å². The van der Waals surface area contributed by atoms with Gasteiger partial charge >= 0.3 is 5.97 Å². The second-order valence-corrected chi connectivity index (χ2v) is 4.35. The standard InChI is InChI=1S/C11H16N2O6/c1-5(10(16)17-2)3-13-9-8(19-11(13)12)7(15)6(4-14)18-9/h6-9,12,14-15H,1,3-4H2,2H3/t6-,7-,8+,9-/m0/s1. The highest BCUT2D eigenvalue weighted by Gasteiger charge is 2.53. The Kier molecular flexibility index (Phi) is 3.74. The minimum absolute atomic E-state index is 0.00244. The summed E-state index contributed by atoms with van der Waals surface area (Å²) in [7, 11) is 1.24. The second kappa shape index (κ2) is 5.16. The third kappa shape index (κ3) is 2.29. The highest BCUT2D eigenvalue weighted by Crippen LogP contribution is 2.32. The van der Waals surface area contributed by atoms with Gasteiger partial charge in [0.15, 0.2) is 12.3 Å². The molecule has 0 radical (unpaired) electrons. The Balaban J connectivity index is 2.07. The van der Waals surface area contributed by atoms with Crippen LogP contribution in [0.1, 0.15) is 0 Å². The molecular weight excluding hydrogens is 256 g/mol. The summed E-state index contributed by atoms with van der Waals surface area (Å²) in [5, 5.41) is 26.5. The molecule has 2 heterocycles. The number of aliphatic hydroxyl groups excluding tert-OH is 2. The van der Waals surface area contributed by atoms with Crippen molar-refractivity contribution < 1.29 is 29.2 Å². The Labute approximate surface area is 109 Å². The monoisotopic (exact) mass is 272 g/mol. The lowest BCUT2D eigenvalue weighted by Crippen LogP contribution is -2.38. The van der Waals surface area contributed by atoms with Crippen molar-refractivity contribution in [3.05, 3.63) is 12.2 Å². The van der Waals surface area contributed by atoms with Gasteiger partial charge in [-0.05, 0) is 0 Å². The summed E-state index contributed by atoms with van der Waals surface area (Å²) in [5.74, 6) is -0.589. The summed E-state index contributed by atoms with van der Waals surface area (Å²) >= 11 is 0. The van der Waals surface area contributed by atoms with Crippen LogP contribution in [0, 0.1) is 5.41 Å². The average molecular weight is 272 g/mol. The Morgan fingerprint density at radius 3 is 2.89 bits per heavy atom. The number of methoxy groups -OCH3 is 1. The molecule has 19 heavy (non-hydrogen) atoms. The lowest BCUT2D eigenvalue weighted by atomic mass is 10.1. The van der Waals surface area contributed by atoms with Gasteiger partial charge in [-0.1, -0.05) is 6.58 Å². The number of hydrogen-bond acceptors (Lipinski definition) is 7. The lowest BCUT2D eigenvalue weighted by molar-refractivity contribution is -0.136. The van der Waals surface area contributed by atoms with Gasteiger partial charge in [0.05, 0.1) is 20.3 Å². The number of esters is 1. The highest BCUT2D eigenvalue weighted by atomic mass is 16.6. The number of nitrogens with one attached hydrogen (secondary N) is 1. The van der Waals surface area contributed by atoms with Crippen molar-refractivity contribution in [2.24, 2.45) is 0 Å². The molecule has 0 aromatic heterocycles. The summed E-state index contributed by atoms with van der Waals surface area (Å²) in [4.78, 5) is 12.6. The van der Waals surface area contributed by atoms with Crippen LogP contribution < -0.4 is 0 Å². The van der Waals surface area contributed by atoms with E-state index in [9.17, 15) is 9.90 Å². The molecule has 2 aliphatic rings. The van der Waals surface area contributed by atoms with Gasteiger partial charge in [-0.25, -0.2) is 4.79 Å². The normalized spacial score (nSPS) is 33.0. The molecule has 8 heteroatoms. The predicted octanol–water partition coefficient (Wildman–Crippen LogP) is -1.57. The fourth-order valence-corrected chi connectivity index (χ4v) is 2.14. The molecule has 0 bridgehead atoms. The van der Waals surface area contributed by atoms with E-state index in [-0.39, 0.29) is 24.7 Å². The minimum Gasteiger partial charge on any atom is -0.466 e. The van der Waals surface area contributed by atoms with Crippen LogP contribution in [0.5, 0.6) is 0 Å². The van der Waals surface area contributed by atoms with Gasteiger partial charge in [-0.15, -0.1) is 0 Å². The van der Waals surface area contributed by atoms with E-state index in [0.717, 1.165) is 0 Å². The maximum absolute atomic E-state index is 11.3. The van der Waals surface area contributed by atoms with Crippen molar-refractivity contribution in [3.63, 3.8) is 0 Å². The summed E-state index contributed by atoms with van der Waals surface area (Å²) in [6.07, 6.45) is -3.26. The first kappa shape index (κ1) is 13.8. The van der Waals surface area contributed by atoms with E-state index in [1.165, 1.54) is 12.0 Å². The molecule has 0 aromatic carbocycles. The van der Waals surface area contributed by atoms with Crippen LogP contribution in [-0.4, -0.2) is 71.9 Å². The van der Waals surface area contributed by atoms with Crippen LogP contribution >= 0.6 is 0 Å². The zero-order chi connectivity index (χ0) is 14.2. The Hall–Kier alpha value is -1.64. The number of nitrogens with zero attached hydrogens (tertiary/aromatic N) is 1. The van der Waals surface area contributed by atoms with E-state index < -0.39 is 30.5 Å². The largest absolute Gasteiger partial charge is 0.466 e. The van der Waals surface area contributed by atoms with E-state index in [1.807, 2.05) is 0 Å². The van der Waals surface area contributed by atoms with E-state index >= 15 is 0 Å². The van der Waals surface area contributed by atoms with E-state index in [1.54, 1.807) is 0 Å². The number of hydrogen-bond donors (Lipinski definition) is 3. The predicted molar refractivity (Wildman–Crippen MR) is 62.2 cm³/mol. The number of aliphatic hydroxyl groups is 2. The molecule has 0 aromatic rings. The first-order valence-electron chi connectivity index (χ1n) is 5.72. The van der Waals surface area contributed by atoms with Gasteiger partial charge in [-0.2, -0.15) is 0 Å². The Morgan fingerprint density at radius 2 is 2.32 bits per heavy atom. The average Bonchev–Trinajstić information content (AvgIpc) is 2.87. The fourth-order valence-electron chi connectivity index (χ4n) is 2.14. The lowest BCUT2D eigenvalue weighted by Gasteiger charge is -2.22. The molecule has 0 unspecified atom stereocenters. The molecule has 0 aliphatic carbocycles. The number of fused-ring (bicyclic) bond motifs is 1. The van der Waals surface area contributed by atoms with Crippen molar-refractivity contribution in [2.45, 2.75) is 24.5 Å². The number of carbonyl (C=O) groups is 1. The molecule has 2 aliphatic heterocycles. The maximum atomic E-state index is 11.3. The van der Waals surface area contributed by atoms with Crippen LogP contribution in [-0.2, 0) is 19.0 Å². The molecule has 106 valence electrons. The van der Waals surface area contributed by atoms with E-state index in [4.69, 9.17) is 20.0 Å². The summed E-state index contributed by atoms with van der Waals surface area (Å²) < 4.78 is 15.1. The smallest absolute Gasteiger partial charge is 0.334 e. The van der Waals surface area contributed by atoms with Gasteiger partial charge in [0.25, 0.3) is 6.02 Å². The SMILES string of the molecule is C=C(CN1C(=N)O[C@@H]2[C@@H](O)[C@H](CO)O[C@@H]21)C(=O)OC. The molecule has 2 rings (SSSR count). The van der Waals surface area contributed by atoms with Gasteiger partial charge in [0.1, 0.15) is 12.2 Å². The maximum Gasteiger partial charge on any atom is 0.334 e. The van der Waals surface area contributed by atoms with Crippen LogP contribution in [0.3, 0.4) is 0 Å². The van der Waals surface area contributed by atoms with Crippen LogP contribution in [0.25, 0.3) is 0 Å². The molecular formula is C11H16N2O6. The zero-order valence-corrected chi connectivity index (χ0v) is 10.4. The molecule has 3 N–H and O–H groups in total. The van der Waals surface area contributed by atoms with E-state index in [2.05, 4.69) is 11.3 Å². The Morgan fingerprint density at radius 1 is 1.63 bits per heavy atom. The van der Waals surface area contributed by atoms with Crippen molar-refractivity contribution in [1.82, 2.24) is 4.90 Å². The molecule has 0 spiro atoms. The first-order valence-corrected chi connectivity index (χ1v) is 5.72. The topological polar surface area (TPSA) is 112 Å². The van der Waals surface area contributed by atoms with Crippen LogP contribution in [0.2, 0.25) is 0 Å². The highest BCUT2D eigenvalue weighted by molar-refractivity contribution is 5.89. The fraction of sp³-hybridized carbons (Fsp3) is 0.636. The number of rotatable bonds is 4. The molecule has 2 fully saturated rings. The van der Waals surface area contributed by atoms with Gasteiger partial charge in [0, 0.05) is 5.57 Å². The second-order valence-electron chi connectivity index (χ2n) is 4.35. The first-order chi connectivity index (χ1) is 8.99. The van der Waals surface area contributed by atoms with Crippen LogP contribution in [0.15, 0.2) is 12.2 Å². The number of amidine groups is 1. The van der Waals surface area contributed by atoms with E-state index in [0.29, 0.717) is 0 Å². The number of carbonyl (C=O) groups excluding carboxylic acids is 1. The molecule has 2 saturated heterocycles. The van der Waals surface area contributed by atoms with Crippen molar-refractivity contribution in [1.29, 1.82) is 5.41 Å². The minimum atomic E-state index is -1.02. The molecule has 4 atom stereocenters. The molecule has 8 nitrogen and oxygen atoms in total. The summed E-state index contributed by atoms with van der Waals surface area (Å²) in [6.45, 7) is 3.21. The zero-order valence-electron chi connectivity index (χ0n) is 10.4.